The average molecular weight is 477 g/mol. The predicted molar refractivity (Wildman–Crippen MR) is 128 cm³/mol. The van der Waals surface area contributed by atoms with E-state index in [1.54, 1.807) is 30.6 Å². The molecule has 0 fully saturated rings. The third-order valence-corrected chi connectivity index (χ3v) is 6.68. The number of nitrogens with one attached hydrogen (secondary N) is 2. The van der Waals surface area contributed by atoms with Gasteiger partial charge in [0.1, 0.15) is 16.8 Å². The van der Waals surface area contributed by atoms with Crippen LogP contribution in [0.15, 0.2) is 53.4 Å². The molecule has 2 N–H and O–H groups in total. The van der Waals surface area contributed by atoms with Crippen LogP contribution in [0.25, 0.3) is 6.08 Å². The van der Waals surface area contributed by atoms with Gasteiger partial charge in [-0.05, 0) is 67.0 Å². The first-order valence-corrected chi connectivity index (χ1v) is 11.8. The number of thiophene rings is 1. The van der Waals surface area contributed by atoms with E-state index < -0.39 is 6.09 Å². The summed E-state index contributed by atoms with van der Waals surface area (Å²) < 4.78 is 10.6. The molecule has 2 amide bonds. The zero-order valence-electron chi connectivity index (χ0n) is 18.5. The van der Waals surface area contributed by atoms with Gasteiger partial charge in [0.25, 0.3) is 0 Å². The van der Waals surface area contributed by atoms with Crippen LogP contribution in [0.3, 0.4) is 0 Å². The highest BCUT2D eigenvalue weighted by atomic mass is 32.1. The number of aromatic nitrogens is 1. The lowest BCUT2D eigenvalue weighted by Gasteiger charge is -2.21. The Morgan fingerprint density at radius 1 is 1.35 bits per heavy atom. The van der Waals surface area contributed by atoms with Crippen LogP contribution < -0.4 is 10.6 Å². The highest BCUT2D eigenvalue weighted by molar-refractivity contribution is 7.16. The van der Waals surface area contributed by atoms with Gasteiger partial charge in [-0.1, -0.05) is 6.07 Å². The SMILES string of the molecule is N#Cc1c(NC(=O)C=Cc2ccco2)sc2c1CCC(COC(=O)NCCc1cccnc1)C2. The van der Waals surface area contributed by atoms with Crippen molar-refractivity contribution >= 4 is 34.4 Å². The summed E-state index contributed by atoms with van der Waals surface area (Å²) in [5.74, 6) is 0.420. The van der Waals surface area contributed by atoms with Gasteiger partial charge in [0.05, 0.1) is 18.4 Å². The van der Waals surface area contributed by atoms with Gasteiger partial charge in [-0.15, -0.1) is 11.3 Å². The number of carbonyl (C=O) groups is 2. The summed E-state index contributed by atoms with van der Waals surface area (Å²) in [5, 5.41) is 15.8. The van der Waals surface area contributed by atoms with Crippen molar-refractivity contribution in [3.05, 3.63) is 76.3 Å². The van der Waals surface area contributed by atoms with Crippen molar-refractivity contribution in [2.45, 2.75) is 25.7 Å². The quantitative estimate of drug-likeness (QED) is 0.467. The van der Waals surface area contributed by atoms with E-state index >= 15 is 0 Å². The minimum absolute atomic E-state index is 0.171. The van der Waals surface area contributed by atoms with Gasteiger partial charge >= 0.3 is 6.09 Å². The molecule has 4 rings (SSSR count). The molecule has 3 aromatic rings. The molecule has 0 spiro atoms. The van der Waals surface area contributed by atoms with Crippen LogP contribution in [0.1, 0.15) is 33.7 Å². The van der Waals surface area contributed by atoms with E-state index in [4.69, 9.17) is 9.15 Å². The van der Waals surface area contributed by atoms with Crippen molar-refractivity contribution in [2.24, 2.45) is 5.92 Å². The van der Waals surface area contributed by atoms with E-state index in [0.29, 0.717) is 48.7 Å². The van der Waals surface area contributed by atoms with Crippen LogP contribution in [-0.4, -0.2) is 30.1 Å². The van der Waals surface area contributed by atoms with Gasteiger partial charge in [-0.2, -0.15) is 5.26 Å². The molecule has 34 heavy (non-hydrogen) atoms. The Labute approximate surface area is 201 Å². The lowest BCUT2D eigenvalue weighted by Crippen LogP contribution is -2.29. The first kappa shape index (κ1) is 23.3. The first-order chi connectivity index (χ1) is 16.6. The Hall–Kier alpha value is -3.90. The number of carbonyl (C=O) groups excluding carboxylic acids is 2. The molecule has 0 aromatic carbocycles. The molecule has 0 saturated heterocycles. The second-order valence-corrected chi connectivity index (χ2v) is 9.01. The number of pyridine rings is 1. The Morgan fingerprint density at radius 3 is 3.03 bits per heavy atom. The lowest BCUT2D eigenvalue weighted by atomic mass is 9.88. The second kappa shape index (κ2) is 11.3. The molecule has 1 aliphatic rings. The van der Waals surface area contributed by atoms with E-state index in [1.807, 2.05) is 12.1 Å². The molecule has 0 saturated carbocycles. The smallest absolute Gasteiger partial charge is 0.407 e. The third-order valence-electron chi connectivity index (χ3n) is 5.51. The van der Waals surface area contributed by atoms with Crippen LogP contribution >= 0.6 is 11.3 Å². The number of nitriles is 1. The fourth-order valence-corrected chi connectivity index (χ4v) is 5.12. The van der Waals surface area contributed by atoms with Gasteiger partial charge in [0, 0.05) is 29.9 Å². The number of furan rings is 1. The molecule has 0 bridgehead atoms. The predicted octanol–water partition coefficient (Wildman–Crippen LogP) is 4.33. The van der Waals surface area contributed by atoms with Crippen LogP contribution in [0.4, 0.5) is 9.80 Å². The first-order valence-electron chi connectivity index (χ1n) is 11.0. The zero-order chi connectivity index (χ0) is 23.8. The van der Waals surface area contributed by atoms with E-state index in [9.17, 15) is 14.9 Å². The van der Waals surface area contributed by atoms with E-state index in [2.05, 4.69) is 21.7 Å². The maximum Gasteiger partial charge on any atom is 0.407 e. The standard InChI is InChI=1S/C25H24N4O4S/c26-14-21-20-7-5-18(16-33-25(31)28-11-9-17-3-1-10-27-15-17)13-22(20)34-24(21)29-23(30)8-6-19-4-2-12-32-19/h1-4,6,8,10,12,15,18H,5,7,9,11,13,16H2,(H,28,31)(H,29,30). The Kier molecular flexibility index (Phi) is 7.73. The van der Waals surface area contributed by atoms with Crippen LogP contribution in [0, 0.1) is 17.2 Å². The van der Waals surface area contributed by atoms with E-state index in [1.165, 1.54) is 23.7 Å². The van der Waals surface area contributed by atoms with Gasteiger partial charge in [-0.25, -0.2) is 4.79 Å². The number of amides is 2. The zero-order valence-corrected chi connectivity index (χ0v) is 19.3. The molecule has 1 unspecified atom stereocenters. The largest absolute Gasteiger partial charge is 0.465 e. The maximum absolute atomic E-state index is 12.3. The van der Waals surface area contributed by atoms with Crippen molar-refractivity contribution in [1.29, 1.82) is 5.26 Å². The van der Waals surface area contributed by atoms with Gasteiger partial charge in [0.15, 0.2) is 0 Å². The van der Waals surface area contributed by atoms with Gasteiger partial charge < -0.3 is 19.8 Å². The van der Waals surface area contributed by atoms with Crippen molar-refractivity contribution in [1.82, 2.24) is 10.3 Å². The highest BCUT2D eigenvalue weighted by Gasteiger charge is 2.27. The molecular formula is C25H24N4O4S. The van der Waals surface area contributed by atoms with Crippen molar-refractivity contribution in [3.8, 4) is 6.07 Å². The number of ether oxygens (including phenoxy) is 1. The van der Waals surface area contributed by atoms with Gasteiger partial charge in [-0.3, -0.25) is 9.78 Å². The summed E-state index contributed by atoms with van der Waals surface area (Å²) in [6.07, 6.45) is 10.4. The monoisotopic (exact) mass is 476 g/mol. The summed E-state index contributed by atoms with van der Waals surface area (Å²) in [4.78, 5) is 29.4. The summed E-state index contributed by atoms with van der Waals surface area (Å²) in [5.41, 5.74) is 2.55. The Bertz CT molecular complexity index is 1200. The summed E-state index contributed by atoms with van der Waals surface area (Å²) in [7, 11) is 0. The molecule has 174 valence electrons. The normalized spacial score (nSPS) is 14.9. The fourth-order valence-electron chi connectivity index (χ4n) is 3.80. The number of alkyl carbamates (subject to hydrolysis) is 1. The molecule has 1 aliphatic carbocycles. The van der Waals surface area contributed by atoms with Crippen LogP contribution in [0.2, 0.25) is 0 Å². The van der Waals surface area contributed by atoms with Crippen molar-refractivity contribution in [2.75, 3.05) is 18.5 Å². The second-order valence-electron chi connectivity index (χ2n) is 7.90. The molecule has 1 atom stereocenters. The number of fused-ring (bicyclic) bond motifs is 1. The summed E-state index contributed by atoms with van der Waals surface area (Å²) in [6, 6.07) is 9.55. The number of hydrogen-bond acceptors (Lipinski definition) is 7. The highest BCUT2D eigenvalue weighted by Crippen LogP contribution is 2.39. The number of rotatable bonds is 8. The Morgan fingerprint density at radius 2 is 2.26 bits per heavy atom. The molecule has 0 aliphatic heterocycles. The van der Waals surface area contributed by atoms with Crippen molar-refractivity contribution in [3.63, 3.8) is 0 Å². The Balaban J connectivity index is 1.27. The molecule has 8 nitrogen and oxygen atoms in total. The van der Waals surface area contributed by atoms with E-state index in [0.717, 1.165) is 22.4 Å². The van der Waals surface area contributed by atoms with Crippen molar-refractivity contribution < 1.29 is 18.7 Å². The minimum atomic E-state index is -0.435. The number of anilines is 1. The van der Waals surface area contributed by atoms with Crippen LogP contribution in [-0.2, 0) is 28.8 Å². The maximum atomic E-state index is 12.3. The lowest BCUT2D eigenvalue weighted by molar-refractivity contribution is -0.111. The van der Waals surface area contributed by atoms with Gasteiger partial charge in [0.2, 0.25) is 5.91 Å². The molecule has 3 aromatic heterocycles. The van der Waals surface area contributed by atoms with E-state index in [-0.39, 0.29) is 11.8 Å². The topological polar surface area (TPSA) is 117 Å². The third kappa shape index (κ3) is 6.11. The molecule has 0 radical (unpaired) electrons. The number of hydrogen-bond donors (Lipinski definition) is 2. The summed E-state index contributed by atoms with van der Waals surface area (Å²) >= 11 is 1.41. The molecule has 3 heterocycles. The number of nitrogens with zero attached hydrogens (tertiary/aromatic N) is 2. The molecular weight excluding hydrogens is 452 g/mol. The summed E-state index contributed by atoms with van der Waals surface area (Å²) in [6.45, 7) is 0.790. The minimum Gasteiger partial charge on any atom is -0.465 e. The molecule has 9 heteroatoms. The average Bonchev–Trinajstić information content (AvgIpc) is 3.49. The fraction of sp³-hybridized carbons (Fsp3) is 0.280. The van der Waals surface area contributed by atoms with Crippen LogP contribution in [0.5, 0.6) is 0 Å².